The van der Waals surface area contributed by atoms with E-state index in [2.05, 4.69) is 0 Å². The molecule has 0 unspecified atom stereocenters. The SMILES string of the molecule is CCCOC(=O)C1CCN(S(=O)(=O)c2cc(Cl)ccc2Cl)CC1. The fourth-order valence-electron chi connectivity index (χ4n) is 2.47. The molecule has 1 saturated heterocycles. The first kappa shape index (κ1) is 18.5. The van der Waals surface area contributed by atoms with Gasteiger partial charge in [0, 0.05) is 18.1 Å². The fraction of sp³-hybridized carbons (Fsp3) is 0.533. The quantitative estimate of drug-likeness (QED) is 0.735. The van der Waals surface area contributed by atoms with E-state index in [0.29, 0.717) is 24.5 Å². The van der Waals surface area contributed by atoms with Crippen molar-refractivity contribution in [3.8, 4) is 0 Å². The molecule has 0 aliphatic carbocycles. The molecule has 5 nitrogen and oxygen atoms in total. The summed E-state index contributed by atoms with van der Waals surface area (Å²) in [6, 6.07) is 4.35. The van der Waals surface area contributed by atoms with Gasteiger partial charge >= 0.3 is 5.97 Å². The first-order chi connectivity index (χ1) is 10.9. The summed E-state index contributed by atoms with van der Waals surface area (Å²) in [5.41, 5.74) is 0. The third kappa shape index (κ3) is 4.38. The molecule has 0 bridgehead atoms. The number of benzene rings is 1. The van der Waals surface area contributed by atoms with Crippen LogP contribution in [0.15, 0.2) is 23.1 Å². The van der Waals surface area contributed by atoms with Crippen LogP contribution in [0.1, 0.15) is 26.2 Å². The fourth-order valence-corrected chi connectivity index (χ4v) is 4.67. The zero-order valence-corrected chi connectivity index (χ0v) is 15.1. The van der Waals surface area contributed by atoms with Gasteiger partial charge in [0.2, 0.25) is 10.0 Å². The standard InChI is InChI=1S/C15H19Cl2NO4S/c1-2-9-22-15(19)11-5-7-18(8-6-11)23(20,21)14-10-12(16)3-4-13(14)17/h3-4,10-11H,2,5-9H2,1H3. The molecule has 0 saturated carbocycles. The summed E-state index contributed by atoms with van der Waals surface area (Å²) in [5, 5.41) is 0.449. The largest absolute Gasteiger partial charge is 0.465 e. The van der Waals surface area contributed by atoms with Crippen LogP contribution in [0.3, 0.4) is 0 Å². The highest BCUT2D eigenvalue weighted by Gasteiger charge is 2.33. The third-order valence-electron chi connectivity index (χ3n) is 3.75. The minimum Gasteiger partial charge on any atom is -0.465 e. The van der Waals surface area contributed by atoms with Crippen LogP contribution < -0.4 is 0 Å². The first-order valence-electron chi connectivity index (χ1n) is 7.48. The van der Waals surface area contributed by atoms with Crippen LogP contribution in [0.5, 0.6) is 0 Å². The number of sulfonamides is 1. The number of rotatable bonds is 5. The van der Waals surface area contributed by atoms with Crippen molar-refractivity contribution in [2.75, 3.05) is 19.7 Å². The Kier molecular flexibility index (Phi) is 6.31. The molecule has 8 heteroatoms. The predicted molar refractivity (Wildman–Crippen MR) is 89.2 cm³/mol. The molecule has 1 aromatic carbocycles. The molecule has 128 valence electrons. The second-order valence-corrected chi connectivity index (χ2v) is 8.17. The Balaban J connectivity index is 2.07. The molecule has 1 aliphatic heterocycles. The lowest BCUT2D eigenvalue weighted by Gasteiger charge is -2.30. The lowest BCUT2D eigenvalue weighted by molar-refractivity contribution is -0.149. The van der Waals surface area contributed by atoms with Gasteiger partial charge < -0.3 is 4.74 Å². The van der Waals surface area contributed by atoms with Crippen LogP contribution in [0, 0.1) is 5.92 Å². The van der Waals surface area contributed by atoms with Crippen molar-refractivity contribution >= 4 is 39.2 Å². The molecule has 1 aliphatic rings. The Bertz CT molecular complexity index is 670. The molecule has 23 heavy (non-hydrogen) atoms. The van der Waals surface area contributed by atoms with Gasteiger partial charge in [-0.15, -0.1) is 0 Å². The van der Waals surface area contributed by atoms with Crippen LogP contribution in [-0.4, -0.2) is 38.4 Å². The molecule has 0 radical (unpaired) electrons. The van der Waals surface area contributed by atoms with Crippen molar-refractivity contribution < 1.29 is 17.9 Å². The topological polar surface area (TPSA) is 63.7 Å². The van der Waals surface area contributed by atoms with Crippen LogP contribution in [0.2, 0.25) is 10.0 Å². The summed E-state index contributed by atoms with van der Waals surface area (Å²) in [4.78, 5) is 11.9. The van der Waals surface area contributed by atoms with E-state index in [1.54, 1.807) is 6.07 Å². The summed E-state index contributed by atoms with van der Waals surface area (Å²) in [6.45, 7) is 2.85. The zero-order valence-electron chi connectivity index (χ0n) is 12.8. The highest BCUT2D eigenvalue weighted by Crippen LogP contribution is 2.30. The van der Waals surface area contributed by atoms with E-state index < -0.39 is 10.0 Å². The third-order valence-corrected chi connectivity index (χ3v) is 6.36. The van der Waals surface area contributed by atoms with E-state index in [0.717, 1.165) is 6.42 Å². The van der Waals surface area contributed by atoms with Crippen molar-refractivity contribution in [1.29, 1.82) is 0 Å². The maximum atomic E-state index is 12.7. The van der Waals surface area contributed by atoms with Gasteiger partial charge in [-0.3, -0.25) is 4.79 Å². The Labute approximate surface area is 146 Å². The van der Waals surface area contributed by atoms with Gasteiger partial charge in [0.25, 0.3) is 0 Å². The van der Waals surface area contributed by atoms with E-state index >= 15 is 0 Å². The lowest BCUT2D eigenvalue weighted by atomic mass is 9.98. The van der Waals surface area contributed by atoms with E-state index in [4.69, 9.17) is 27.9 Å². The smallest absolute Gasteiger partial charge is 0.309 e. The summed E-state index contributed by atoms with van der Waals surface area (Å²) >= 11 is 11.9. The molecule has 1 heterocycles. The lowest BCUT2D eigenvalue weighted by Crippen LogP contribution is -2.40. The van der Waals surface area contributed by atoms with E-state index in [1.807, 2.05) is 6.92 Å². The van der Waals surface area contributed by atoms with Crippen LogP contribution in [0.25, 0.3) is 0 Å². The molecule has 1 fully saturated rings. The maximum Gasteiger partial charge on any atom is 0.309 e. The van der Waals surface area contributed by atoms with Gasteiger partial charge in [0.1, 0.15) is 4.90 Å². The van der Waals surface area contributed by atoms with Crippen LogP contribution in [-0.2, 0) is 19.6 Å². The van der Waals surface area contributed by atoms with Gasteiger partial charge in [0.15, 0.2) is 0 Å². The number of halogens is 2. The van der Waals surface area contributed by atoms with Crippen LogP contribution >= 0.6 is 23.2 Å². The number of esters is 1. The second-order valence-electron chi connectivity index (χ2n) is 5.42. The predicted octanol–water partition coefficient (Wildman–Crippen LogP) is 3.35. The number of carbonyl (C=O) groups excluding carboxylic acids is 1. The van der Waals surface area contributed by atoms with Crippen molar-refractivity contribution in [2.24, 2.45) is 5.92 Å². The average Bonchev–Trinajstić information content (AvgIpc) is 2.54. The zero-order chi connectivity index (χ0) is 17.0. The molecule has 0 amide bonds. The minimum atomic E-state index is -3.72. The van der Waals surface area contributed by atoms with Crippen LogP contribution in [0.4, 0.5) is 0 Å². The highest BCUT2D eigenvalue weighted by atomic mass is 35.5. The van der Waals surface area contributed by atoms with E-state index in [-0.39, 0.29) is 34.9 Å². The number of ether oxygens (including phenoxy) is 1. The average molecular weight is 380 g/mol. The van der Waals surface area contributed by atoms with Gasteiger partial charge in [-0.25, -0.2) is 8.42 Å². The van der Waals surface area contributed by atoms with Gasteiger partial charge in [-0.1, -0.05) is 30.1 Å². The normalized spacial score (nSPS) is 17.2. The molecule has 0 spiro atoms. The Morgan fingerprint density at radius 2 is 1.96 bits per heavy atom. The van der Waals surface area contributed by atoms with Gasteiger partial charge in [0.05, 0.1) is 17.5 Å². The Hall–Kier alpha value is -0.820. The molecule has 2 rings (SSSR count). The summed E-state index contributed by atoms with van der Waals surface area (Å²) < 4.78 is 31.8. The van der Waals surface area contributed by atoms with E-state index in [1.165, 1.54) is 16.4 Å². The second kappa shape index (κ2) is 7.83. The number of carbonyl (C=O) groups is 1. The molecule has 0 N–H and O–H groups in total. The van der Waals surface area contributed by atoms with Crippen molar-refractivity contribution in [1.82, 2.24) is 4.31 Å². The molecule has 0 aromatic heterocycles. The monoisotopic (exact) mass is 379 g/mol. The van der Waals surface area contributed by atoms with Crippen molar-refractivity contribution in [2.45, 2.75) is 31.1 Å². The number of piperidine rings is 1. The molecule has 0 atom stereocenters. The number of nitrogens with zero attached hydrogens (tertiary/aromatic N) is 1. The maximum absolute atomic E-state index is 12.7. The first-order valence-corrected chi connectivity index (χ1v) is 9.67. The Morgan fingerprint density at radius 3 is 2.57 bits per heavy atom. The number of hydrogen-bond donors (Lipinski definition) is 0. The van der Waals surface area contributed by atoms with Crippen molar-refractivity contribution in [3.63, 3.8) is 0 Å². The van der Waals surface area contributed by atoms with Gasteiger partial charge in [-0.05, 0) is 37.5 Å². The minimum absolute atomic E-state index is 0.00123. The van der Waals surface area contributed by atoms with Crippen molar-refractivity contribution in [3.05, 3.63) is 28.2 Å². The summed E-state index contributed by atoms with van der Waals surface area (Å²) in [6.07, 6.45) is 1.66. The van der Waals surface area contributed by atoms with E-state index in [9.17, 15) is 13.2 Å². The summed E-state index contributed by atoms with van der Waals surface area (Å²) in [7, 11) is -3.72. The summed E-state index contributed by atoms with van der Waals surface area (Å²) in [5.74, 6) is -0.493. The Morgan fingerprint density at radius 1 is 1.30 bits per heavy atom. The number of hydrogen-bond acceptors (Lipinski definition) is 4. The molecular formula is C15H19Cl2NO4S. The highest BCUT2D eigenvalue weighted by molar-refractivity contribution is 7.89. The molecule has 1 aromatic rings. The molecular weight excluding hydrogens is 361 g/mol. The van der Waals surface area contributed by atoms with Gasteiger partial charge in [-0.2, -0.15) is 4.31 Å².